The SMILES string of the molecule is CS(=O)(=O)c1ccc(Cl)c(NC(=O)CNc2cccc(Cl)c2)c1. The molecule has 122 valence electrons. The molecule has 2 rings (SSSR count). The van der Waals surface area contributed by atoms with E-state index in [0.717, 1.165) is 6.26 Å². The van der Waals surface area contributed by atoms with Gasteiger partial charge in [0.05, 0.1) is 22.2 Å². The number of hydrogen-bond acceptors (Lipinski definition) is 4. The summed E-state index contributed by atoms with van der Waals surface area (Å²) >= 11 is 11.8. The van der Waals surface area contributed by atoms with Crippen LogP contribution in [0.15, 0.2) is 47.4 Å². The molecule has 0 saturated carbocycles. The van der Waals surface area contributed by atoms with Gasteiger partial charge in [-0.05, 0) is 36.4 Å². The van der Waals surface area contributed by atoms with Gasteiger partial charge >= 0.3 is 0 Å². The molecule has 0 heterocycles. The zero-order chi connectivity index (χ0) is 17.0. The lowest BCUT2D eigenvalue weighted by Crippen LogP contribution is -2.22. The fourth-order valence-electron chi connectivity index (χ4n) is 1.81. The van der Waals surface area contributed by atoms with Gasteiger partial charge in [0.2, 0.25) is 5.91 Å². The topological polar surface area (TPSA) is 75.3 Å². The van der Waals surface area contributed by atoms with E-state index in [1.165, 1.54) is 18.2 Å². The maximum atomic E-state index is 12.0. The largest absolute Gasteiger partial charge is 0.376 e. The number of carbonyl (C=O) groups excluding carboxylic acids is 1. The van der Waals surface area contributed by atoms with Crippen LogP contribution in [0.1, 0.15) is 0 Å². The molecule has 2 N–H and O–H groups in total. The molecule has 0 fully saturated rings. The number of amides is 1. The van der Waals surface area contributed by atoms with Crippen molar-refractivity contribution in [2.45, 2.75) is 4.90 Å². The number of benzene rings is 2. The van der Waals surface area contributed by atoms with E-state index < -0.39 is 9.84 Å². The summed E-state index contributed by atoms with van der Waals surface area (Å²) in [5.74, 6) is -0.363. The summed E-state index contributed by atoms with van der Waals surface area (Å²) < 4.78 is 23.1. The van der Waals surface area contributed by atoms with Crippen LogP contribution in [0.3, 0.4) is 0 Å². The van der Waals surface area contributed by atoms with Crippen molar-refractivity contribution in [3.05, 3.63) is 52.5 Å². The van der Waals surface area contributed by atoms with Gasteiger partial charge in [-0.15, -0.1) is 0 Å². The molecule has 2 aromatic carbocycles. The summed E-state index contributed by atoms with van der Waals surface area (Å²) in [5.41, 5.74) is 0.941. The highest BCUT2D eigenvalue weighted by Crippen LogP contribution is 2.25. The Labute approximate surface area is 144 Å². The number of halogens is 2. The van der Waals surface area contributed by atoms with Crippen molar-refractivity contribution in [1.82, 2.24) is 0 Å². The van der Waals surface area contributed by atoms with Crippen LogP contribution < -0.4 is 10.6 Å². The summed E-state index contributed by atoms with van der Waals surface area (Å²) in [6.45, 7) is -0.0141. The molecular formula is C15H14Cl2N2O3S. The summed E-state index contributed by atoms with van der Waals surface area (Å²) in [5, 5.41) is 6.30. The van der Waals surface area contributed by atoms with Crippen molar-refractivity contribution in [3.63, 3.8) is 0 Å². The van der Waals surface area contributed by atoms with E-state index >= 15 is 0 Å². The lowest BCUT2D eigenvalue weighted by Gasteiger charge is -2.10. The molecule has 0 aliphatic heterocycles. The van der Waals surface area contributed by atoms with Gasteiger partial charge in [0.25, 0.3) is 0 Å². The number of sulfone groups is 1. The fourth-order valence-corrected chi connectivity index (χ4v) is 2.81. The monoisotopic (exact) mass is 372 g/mol. The Kier molecular flexibility index (Phi) is 5.51. The van der Waals surface area contributed by atoms with Gasteiger partial charge in [-0.3, -0.25) is 4.79 Å². The molecular weight excluding hydrogens is 359 g/mol. The Morgan fingerprint density at radius 1 is 1.13 bits per heavy atom. The van der Waals surface area contributed by atoms with Crippen LogP contribution in [0.5, 0.6) is 0 Å². The first-order valence-electron chi connectivity index (χ1n) is 6.54. The molecule has 0 atom stereocenters. The standard InChI is InChI=1S/C15H14Cl2N2O3S/c1-23(21,22)12-5-6-13(17)14(8-12)19-15(20)9-18-11-4-2-3-10(16)7-11/h2-8,18H,9H2,1H3,(H,19,20). The highest BCUT2D eigenvalue weighted by atomic mass is 35.5. The number of anilines is 2. The Morgan fingerprint density at radius 2 is 1.87 bits per heavy atom. The second-order valence-corrected chi connectivity index (χ2v) is 7.69. The van der Waals surface area contributed by atoms with Gasteiger partial charge < -0.3 is 10.6 Å². The molecule has 2 aromatic rings. The number of hydrogen-bond donors (Lipinski definition) is 2. The molecule has 0 radical (unpaired) electrons. The van der Waals surface area contributed by atoms with Crippen LogP contribution in [0.4, 0.5) is 11.4 Å². The highest BCUT2D eigenvalue weighted by molar-refractivity contribution is 7.90. The van der Waals surface area contributed by atoms with E-state index in [9.17, 15) is 13.2 Å². The van der Waals surface area contributed by atoms with Crippen molar-refractivity contribution in [2.24, 2.45) is 0 Å². The van der Waals surface area contributed by atoms with Crippen LogP contribution in [0.25, 0.3) is 0 Å². The maximum Gasteiger partial charge on any atom is 0.243 e. The molecule has 23 heavy (non-hydrogen) atoms. The van der Waals surface area contributed by atoms with Gasteiger partial charge in [0.1, 0.15) is 0 Å². The lowest BCUT2D eigenvalue weighted by atomic mass is 10.3. The maximum absolute atomic E-state index is 12.0. The average Bonchev–Trinajstić information content (AvgIpc) is 2.46. The van der Waals surface area contributed by atoms with E-state index in [-0.39, 0.29) is 28.1 Å². The Morgan fingerprint density at radius 3 is 2.52 bits per heavy atom. The first-order chi connectivity index (χ1) is 10.8. The number of nitrogens with one attached hydrogen (secondary N) is 2. The highest BCUT2D eigenvalue weighted by Gasteiger charge is 2.12. The molecule has 0 aliphatic carbocycles. The molecule has 0 bridgehead atoms. The second-order valence-electron chi connectivity index (χ2n) is 4.83. The summed E-state index contributed by atoms with van der Waals surface area (Å²) in [7, 11) is -3.38. The van der Waals surface area contributed by atoms with Crippen molar-refractivity contribution in [3.8, 4) is 0 Å². The van der Waals surface area contributed by atoms with Gasteiger partial charge in [0.15, 0.2) is 9.84 Å². The molecule has 0 aliphatic rings. The van der Waals surface area contributed by atoms with Gasteiger partial charge in [0, 0.05) is 17.0 Å². The second kappa shape index (κ2) is 7.21. The number of rotatable bonds is 5. The van der Waals surface area contributed by atoms with Crippen molar-refractivity contribution < 1.29 is 13.2 Å². The Hall–Kier alpha value is -1.76. The minimum absolute atomic E-state index is 0.0141. The number of carbonyl (C=O) groups is 1. The fraction of sp³-hybridized carbons (Fsp3) is 0.133. The van der Waals surface area contributed by atoms with Gasteiger partial charge in [-0.25, -0.2) is 8.42 Å². The first kappa shape index (κ1) is 17.6. The third kappa shape index (κ3) is 5.13. The lowest BCUT2D eigenvalue weighted by molar-refractivity contribution is -0.114. The zero-order valence-corrected chi connectivity index (χ0v) is 14.5. The minimum atomic E-state index is -3.38. The Bertz CT molecular complexity index is 838. The molecule has 5 nitrogen and oxygen atoms in total. The molecule has 1 amide bonds. The summed E-state index contributed by atoms with van der Waals surface area (Å²) in [6, 6.07) is 11.1. The third-order valence-electron chi connectivity index (χ3n) is 2.92. The predicted octanol–water partition coefficient (Wildman–Crippen LogP) is 3.45. The van der Waals surface area contributed by atoms with Crippen LogP contribution in [-0.4, -0.2) is 27.1 Å². The minimum Gasteiger partial charge on any atom is -0.376 e. The smallest absolute Gasteiger partial charge is 0.243 e. The van der Waals surface area contributed by atoms with E-state index in [1.807, 2.05) is 0 Å². The quantitative estimate of drug-likeness (QED) is 0.842. The van der Waals surface area contributed by atoms with Crippen LogP contribution in [0.2, 0.25) is 10.0 Å². The molecule has 0 saturated heterocycles. The van der Waals surface area contributed by atoms with E-state index in [1.54, 1.807) is 24.3 Å². The van der Waals surface area contributed by atoms with E-state index in [2.05, 4.69) is 10.6 Å². The third-order valence-corrected chi connectivity index (χ3v) is 4.59. The Balaban J connectivity index is 2.05. The van der Waals surface area contributed by atoms with Gasteiger partial charge in [-0.2, -0.15) is 0 Å². The molecule has 8 heteroatoms. The zero-order valence-electron chi connectivity index (χ0n) is 12.1. The first-order valence-corrected chi connectivity index (χ1v) is 9.19. The van der Waals surface area contributed by atoms with E-state index in [0.29, 0.717) is 10.7 Å². The van der Waals surface area contributed by atoms with Crippen LogP contribution in [0, 0.1) is 0 Å². The normalized spacial score (nSPS) is 11.1. The average molecular weight is 373 g/mol. The van der Waals surface area contributed by atoms with Crippen LogP contribution in [-0.2, 0) is 14.6 Å². The van der Waals surface area contributed by atoms with Crippen LogP contribution >= 0.6 is 23.2 Å². The van der Waals surface area contributed by atoms with E-state index in [4.69, 9.17) is 23.2 Å². The molecule has 0 spiro atoms. The summed E-state index contributed by atoms with van der Waals surface area (Å²) in [6.07, 6.45) is 1.09. The van der Waals surface area contributed by atoms with Gasteiger partial charge in [-0.1, -0.05) is 29.3 Å². The predicted molar refractivity (Wildman–Crippen MR) is 93.1 cm³/mol. The molecule has 0 aromatic heterocycles. The molecule has 0 unspecified atom stereocenters. The van der Waals surface area contributed by atoms with Crippen molar-refractivity contribution in [2.75, 3.05) is 23.4 Å². The summed E-state index contributed by atoms with van der Waals surface area (Å²) in [4.78, 5) is 12.1. The van der Waals surface area contributed by atoms with Crippen molar-refractivity contribution >= 4 is 50.3 Å². The van der Waals surface area contributed by atoms with Crippen molar-refractivity contribution in [1.29, 1.82) is 0 Å².